The number of alkyl carbamates (subject to hydrolysis) is 1. The Hall–Kier alpha value is -3.35. The Morgan fingerprint density at radius 3 is 2.11 bits per heavy atom. The summed E-state index contributed by atoms with van der Waals surface area (Å²) in [6.07, 6.45) is 1.29. The zero-order valence-corrected chi connectivity index (χ0v) is 20.6. The number of carbonyl (C=O) groups is 3. The van der Waals surface area contributed by atoms with Gasteiger partial charge in [-0.1, -0.05) is 48.5 Å². The Labute approximate surface area is 206 Å². The molecule has 2 N–H and O–H groups in total. The van der Waals surface area contributed by atoms with Crippen molar-refractivity contribution in [3.8, 4) is 11.1 Å². The van der Waals surface area contributed by atoms with E-state index in [2.05, 4.69) is 29.6 Å². The van der Waals surface area contributed by atoms with Crippen LogP contribution in [0.4, 0.5) is 4.79 Å². The fraction of sp³-hybridized carbons (Fsp3) is 0.464. The quantitative estimate of drug-likeness (QED) is 0.568. The van der Waals surface area contributed by atoms with Gasteiger partial charge in [-0.15, -0.1) is 0 Å². The molecule has 2 aliphatic carbocycles. The fourth-order valence-electron chi connectivity index (χ4n) is 5.23. The zero-order chi connectivity index (χ0) is 25.2. The van der Waals surface area contributed by atoms with Crippen molar-refractivity contribution in [2.24, 2.45) is 5.92 Å². The van der Waals surface area contributed by atoms with Crippen molar-refractivity contribution < 1.29 is 24.2 Å². The lowest BCUT2D eigenvalue weighted by atomic mass is 9.78. The van der Waals surface area contributed by atoms with Gasteiger partial charge in [-0.2, -0.15) is 0 Å². The third-order valence-corrected chi connectivity index (χ3v) is 7.02. The van der Waals surface area contributed by atoms with Gasteiger partial charge in [0.2, 0.25) is 5.91 Å². The minimum Gasteiger partial charge on any atom is -0.481 e. The molecule has 2 aromatic rings. The van der Waals surface area contributed by atoms with E-state index in [1.165, 1.54) is 22.3 Å². The summed E-state index contributed by atoms with van der Waals surface area (Å²) in [6.45, 7) is 6.21. The van der Waals surface area contributed by atoms with Crippen LogP contribution in [0, 0.1) is 5.92 Å². The molecule has 0 heterocycles. The maximum Gasteiger partial charge on any atom is 0.407 e. The molecular weight excluding hydrogens is 444 g/mol. The molecule has 0 aliphatic heterocycles. The molecule has 1 fully saturated rings. The van der Waals surface area contributed by atoms with Gasteiger partial charge in [-0.05, 0) is 61.8 Å². The van der Waals surface area contributed by atoms with E-state index < -0.39 is 17.6 Å². The van der Waals surface area contributed by atoms with Gasteiger partial charge in [0.15, 0.2) is 0 Å². The lowest BCUT2D eigenvalue weighted by Crippen LogP contribution is -2.50. The third kappa shape index (κ3) is 5.66. The molecule has 2 aliphatic rings. The van der Waals surface area contributed by atoms with Crippen molar-refractivity contribution in [3.05, 3.63) is 59.7 Å². The van der Waals surface area contributed by atoms with Crippen LogP contribution in [0.3, 0.4) is 0 Å². The van der Waals surface area contributed by atoms with Gasteiger partial charge >= 0.3 is 12.1 Å². The monoisotopic (exact) mass is 478 g/mol. The summed E-state index contributed by atoms with van der Waals surface area (Å²) in [6, 6.07) is 16.4. The van der Waals surface area contributed by atoms with Gasteiger partial charge in [-0.3, -0.25) is 9.59 Å². The molecular formula is C28H34N2O5. The van der Waals surface area contributed by atoms with Crippen molar-refractivity contribution in [3.63, 3.8) is 0 Å². The van der Waals surface area contributed by atoms with Gasteiger partial charge in [0.1, 0.15) is 6.61 Å². The average Bonchev–Trinajstić information content (AvgIpc) is 3.09. The number of nitrogens with one attached hydrogen (secondary N) is 1. The second-order valence-electron chi connectivity index (χ2n) is 10.6. The topological polar surface area (TPSA) is 95.9 Å². The van der Waals surface area contributed by atoms with Gasteiger partial charge in [0, 0.05) is 30.5 Å². The Bertz CT molecular complexity index is 1060. The van der Waals surface area contributed by atoms with E-state index in [9.17, 15) is 14.4 Å². The zero-order valence-electron chi connectivity index (χ0n) is 20.6. The van der Waals surface area contributed by atoms with Gasteiger partial charge in [0.25, 0.3) is 0 Å². The number of ether oxygens (including phenoxy) is 1. The molecule has 0 saturated heterocycles. The first kappa shape index (κ1) is 24.8. The van der Waals surface area contributed by atoms with Crippen LogP contribution in [-0.2, 0) is 14.3 Å². The number of hydrogen-bond donors (Lipinski definition) is 2. The Morgan fingerprint density at radius 1 is 1.00 bits per heavy atom. The number of nitrogens with zero attached hydrogens (tertiary/aromatic N) is 1. The van der Waals surface area contributed by atoms with Crippen LogP contribution >= 0.6 is 0 Å². The summed E-state index contributed by atoms with van der Waals surface area (Å²) < 4.78 is 5.62. The second-order valence-corrected chi connectivity index (χ2v) is 10.6. The number of carboxylic acids is 1. The van der Waals surface area contributed by atoms with Gasteiger partial charge in [-0.25, -0.2) is 4.79 Å². The van der Waals surface area contributed by atoms with E-state index in [1.54, 1.807) is 4.90 Å². The predicted octanol–water partition coefficient (Wildman–Crippen LogP) is 4.80. The number of benzene rings is 2. The highest BCUT2D eigenvalue weighted by Gasteiger charge is 2.36. The molecule has 1 saturated carbocycles. The number of fused-ring (bicyclic) bond motifs is 3. The molecule has 0 aromatic heterocycles. The van der Waals surface area contributed by atoms with Crippen molar-refractivity contribution in [1.82, 2.24) is 10.2 Å². The highest BCUT2D eigenvalue weighted by molar-refractivity contribution is 5.79. The van der Waals surface area contributed by atoms with E-state index in [1.807, 2.05) is 45.0 Å². The Balaban J connectivity index is 1.24. The standard InChI is InChI=1S/C28H34N2O5/c1-28(2,3)30(13-12-26(32)33)25(31)16-18-14-19(15-18)29-27(34)35-17-24-22-10-6-4-8-20(22)21-9-5-7-11-23(21)24/h4-11,18-19,24H,12-17H2,1-3H3,(H,29,34)(H,32,33). The van der Waals surface area contributed by atoms with Crippen LogP contribution in [-0.4, -0.2) is 52.7 Å². The highest BCUT2D eigenvalue weighted by Crippen LogP contribution is 2.44. The Morgan fingerprint density at radius 2 is 1.57 bits per heavy atom. The van der Waals surface area contributed by atoms with Gasteiger partial charge in [0.05, 0.1) is 6.42 Å². The number of rotatable bonds is 8. The van der Waals surface area contributed by atoms with E-state index in [0.29, 0.717) is 19.3 Å². The summed E-state index contributed by atoms with van der Waals surface area (Å²) in [5.74, 6) is -0.753. The molecule has 35 heavy (non-hydrogen) atoms. The molecule has 0 unspecified atom stereocenters. The molecule has 2 aromatic carbocycles. The first-order chi connectivity index (χ1) is 16.6. The number of carbonyl (C=O) groups excluding carboxylic acids is 2. The van der Waals surface area contributed by atoms with Crippen molar-refractivity contribution in [2.75, 3.05) is 13.2 Å². The average molecular weight is 479 g/mol. The maximum atomic E-state index is 12.8. The summed E-state index contributed by atoms with van der Waals surface area (Å²) in [4.78, 5) is 37.9. The molecule has 0 radical (unpaired) electrons. The number of carboxylic acid groups (broad SMARTS) is 1. The summed E-state index contributed by atoms with van der Waals surface area (Å²) in [5.41, 5.74) is 4.30. The van der Waals surface area contributed by atoms with E-state index >= 15 is 0 Å². The van der Waals surface area contributed by atoms with Crippen LogP contribution in [0.15, 0.2) is 48.5 Å². The molecule has 0 spiro atoms. The normalized spacial score (nSPS) is 18.7. The van der Waals surface area contributed by atoms with Crippen molar-refractivity contribution in [2.45, 2.75) is 64.0 Å². The van der Waals surface area contributed by atoms with Gasteiger partial charge < -0.3 is 20.1 Å². The minimum absolute atomic E-state index is 0.00874. The van der Waals surface area contributed by atoms with Crippen molar-refractivity contribution in [1.29, 1.82) is 0 Å². The molecule has 4 rings (SSSR count). The number of aliphatic carboxylic acids is 1. The largest absolute Gasteiger partial charge is 0.481 e. The first-order valence-corrected chi connectivity index (χ1v) is 12.3. The van der Waals surface area contributed by atoms with Crippen LogP contribution in [0.25, 0.3) is 11.1 Å². The first-order valence-electron chi connectivity index (χ1n) is 12.3. The fourth-order valence-corrected chi connectivity index (χ4v) is 5.23. The molecule has 7 nitrogen and oxygen atoms in total. The SMILES string of the molecule is CC(C)(C)N(CCC(=O)O)C(=O)CC1CC(NC(=O)OCC2c3ccccc3-c3ccccc32)C1. The lowest BCUT2D eigenvalue weighted by molar-refractivity contribution is -0.141. The second kappa shape index (κ2) is 10.1. The van der Waals surface area contributed by atoms with Crippen molar-refractivity contribution >= 4 is 18.0 Å². The highest BCUT2D eigenvalue weighted by atomic mass is 16.5. The smallest absolute Gasteiger partial charge is 0.407 e. The predicted molar refractivity (Wildman–Crippen MR) is 133 cm³/mol. The van der Waals surface area contributed by atoms with Crippen LogP contribution < -0.4 is 5.32 Å². The molecule has 2 amide bonds. The van der Waals surface area contributed by atoms with E-state index in [0.717, 1.165) is 0 Å². The summed E-state index contributed by atoms with van der Waals surface area (Å²) >= 11 is 0. The number of hydrogen-bond acceptors (Lipinski definition) is 4. The molecule has 7 heteroatoms. The molecule has 0 atom stereocenters. The van der Waals surface area contributed by atoms with E-state index in [-0.39, 0.29) is 43.4 Å². The van der Waals surface area contributed by atoms with Crippen LogP contribution in [0.5, 0.6) is 0 Å². The molecule has 0 bridgehead atoms. The van der Waals surface area contributed by atoms with Crippen LogP contribution in [0.1, 0.15) is 63.5 Å². The molecule has 186 valence electrons. The number of amides is 2. The summed E-state index contributed by atoms with van der Waals surface area (Å²) in [5, 5.41) is 11.9. The van der Waals surface area contributed by atoms with Crippen LogP contribution in [0.2, 0.25) is 0 Å². The maximum absolute atomic E-state index is 12.8. The van der Waals surface area contributed by atoms with E-state index in [4.69, 9.17) is 9.84 Å². The Kier molecular flexibility index (Phi) is 7.15. The third-order valence-electron chi connectivity index (χ3n) is 7.02. The summed E-state index contributed by atoms with van der Waals surface area (Å²) in [7, 11) is 0. The minimum atomic E-state index is -0.914. The lowest BCUT2D eigenvalue weighted by Gasteiger charge is -2.40.